The fraction of sp³-hybridized carbons (Fsp3) is 0.500. The first-order valence-corrected chi connectivity index (χ1v) is 5.55. The summed E-state index contributed by atoms with van der Waals surface area (Å²) in [6.45, 7) is 4.46. The molecule has 1 unspecified atom stereocenters. The number of thiophene rings is 1. The number of halogens is 1. The van der Waals surface area contributed by atoms with Crippen molar-refractivity contribution in [2.75, 3.05) is 0 Å². The van der Waals surface area contributed by atoms with Gasteiger partial charge in [-0.05, 0) is 17.4 Å². The summed E-state index contributed by atoms with van der Waals surface area (Å²) in [7, 11) is 0. The highest BCUT2D eigenvalue weighted by atomic mass is 35.5. The largest absolute Gasteiger partial charge is 0.350 e. The molecule has 1 amide bonds. The van der Waals surface area contributed by atoms with Crippen molar-refractivity contribution in [2.45, 2.75) is 26.4 Å². The van der Waals surface area contributed by atoms with E-state index in [0.717, 1.165) is 4.88 Å². The highest BCUT2D eigenvalue weighted by molar-refractivity contribution is 7.09. The molecule has 5 heteroatoms. The van der Waals surface area contributed by atoms with Gasteiger partial charge in [-0.1, -0.05) is 19.9 Å². The molecule has 86 valence electrons. The predicted octanol–water partition coefficient (Wildman–Crippen LogP) is 1.77. The summed E-state index contributed by atoms with van der Waals surface area (Å²) in [6, 6.07) is 3.55. The minimum atomic E-state index is -0.407. The molecule has 0 aliphatic heterocycles. The Kier molecular flexibility index (Phi) is 6.56. The standard InChI is InChI=1S/C10H16N2OS.ClH/c1-7(2)9(11)10(13)12-6-8-4-3-5-14-8;/h3-5,7,9H,6,11H2,1-2H3,(H,12,13);1H. The predicted molar refractivity (Wildman–Crippen MR) is 66.2 cm³/mol. The first-order chi connectivity index (χ1) is 6.61. The Morgan fingerprint density at radius 1 is 1.60 bits per heavy atom. The van der Waals surface area contributed by atoms with Crippen molar-refractivity contribution in [1.82, 2.24) is 5.32 Å². The first kappa shape index (κ1) is 14.4. The van der Waals surface area contributed by atoms with Crippen molar-refractivity contribution in [1.29, 1.82) is 0 Å². The van der Waals surface area contributed by atoms with Crippen LogP contribution in [0, 0.1) is 5.92 Å². The van der Waals surface area contributed by atoms with Crippen molar-refractivity contribution >= 4 is 29.7 Å². The highest BCUT2D eigenvalue weighted by Crippen LogP contribution is 2.07. The SMILES string of the molecule is CC(C)C(N)C(=O)NCc1cccs1.Cl. The summed E-state index contributed by atoms with van der Waals surface area (Å²) in [4.78, 5) is 12.6. The van der Waals surface area contributed by atoms with Gasteiger partial charge in [-0.3, -0.25) is 4.79 Å². The minimum Gasteiger partial charge on any atom is -0.350 e. The second-order valence-electron chi connectivity index (χ2n) is 3.57. The normalized spacial score (nSPS) is 12.0. The number of hydrogen-bond acceptors (Lipinski definition) is 3. The Hall–Kier alpha value is -0.580. The number of nitrogens with one attached hydrogen (secondary N) is 1. The van der Waals surface area contributed by atoms with Crippen LogP contribution in [-0.4, -0.2) is 11.9 Å². The van der Waals surface area contributed by atoms with Gasteiger partial charge in [-0.25, -0.2) is 0 Å². The van der Waals surface area contributed by atoms with E-state index in [4.69, 9.17) is 5.73 Å². The lowest BCUT2D eigenvalue weighted by Crippen LogP contribution is -2.43. The zero-order chi connectivity index (χ0) is 10.6. The Morgan fingerprint density at radius 3 is 2.73 bits per heavy atom. The van der Waals surface area contributed by atoms with E-state index in [1.165, 1.54) is 0 Å². The Labute approximate surface area is 100 Å². The number of amides is 1. The topological polar surface area (TPSA) is 55.1 Å². The summed E-state index contributed by atoms with van der Waals surface area (Å²) in [5.74, 6) is 0.103. The lowest BCUT2D eigenvalue weighted by Gasteiger charge is -2.14. The molecule has 1 rings (SSSR count). The zero-order valence-electron chi connectivity index (χ0n) is 8.90. The van der Waals surface area contributed by atoms with Gasteiger partial charge in [0.25, 0.3) is 0 Å². The number of nitrogens with two attached hydrogens (primary N) is 1. The molecule has 1 atom stereocenters. The molecule has 0 fully saturated rings. The van der Waals surface area contributed by atoms with Crippen LogP contribution in [0.1, 0.15) is 18.7 Å². The van der Waals surface area contributed by atoms with E-state index in [9.17, 15) is 4.79 Å². The van der Waals surface area contributed by atoms with Crippen LogP contribution in [0.3, 0.4) is 0 Å². The van der Waals surface area contributed by atoms with Gasteiger partial charge >= 0.3 is 0 Å². The fourth-order valence-corrected chi connectivity index (χ4v) is 1.65. The fourth-order valence-electron chi connectivity index (χ4n) is 1.01. The number of carbonyl (C=O) groups is 1. The van der Waals surface area contributed by atoms with Gasteiger partial charge in [0.15, 0.2) is 0 Å². The molecule has 0 saturated carbocycles. The Bertz CT molecular complexity index is 288. The van der Waals surface area contributed by atoms with Gasteiger partial charge < -0.3 is 11.1 Å². The molecule has 3 N–H and O–H groups in total. The van der Waals surface area contributed by atoms with Crippen LogP contribution in [-0.2, 0) is 11.3 Å². The molecule has 15 heavy (non-hydrogen) atoms. The number of carbonyl (C=O) groups excluding carboxylic acids is 1. The molecule has 0 aromatic carbocycles. The van der Waals surface area contributed by atoms with Crippen LogP contribution in [0.5, 0.6) is 0 Å². The minimum absolute atomic E-state index is 0. The summed E-state index contributed by atoms with van der Waals surface area (Å²) in [6.07, 6.45) is 0. The van der Waals surface area contributed by atoms with E-state index < -0.39 is 6.04 Å². The van der Waals surface area contributed by atoms with E-state index in [0.29, 0.717) is 6.54 Å². The van der Waals surface area contributed by atoms with E-state index in [2.05, 4.69) is 5.32 Å². The third kappa shape index (κ3) is 4.64. The lowest BCUT2D eigenvalue weighted by atomic mass is 10.1. The Morgan fingerprint density at radius 2 is 2.27 bits per heavy atom. The molecule has 0 radical (unpaired) electrons. The molecule has 0 spiro atoms. The summed E-state index contributed by atoms with van der Waals surface area (Å²) >= 11 is 1.63. The van der Waals surface area contributed by atoms with Crippen LogP contribution in [0.4, 0.5) is 0 Å². The smallest absolute Gasteiger partial charge is 0.237 e. The molecule has 0 aliphatic rings. The van der Waals surface area contributed by atoms with Crippen LogP contribution in [0.25, 0.3) is 0 Å². The molecule has 0 bridgehead atoms. The number of hydrogen-bond donors (Lipinski definition) is 2. The molecule has 3 nitrogen and oxygen atoms in total. The number of rotatable bonds is 4. The zero-order valence-corrected chi connectivity index (χ0v) is 10.5. The van der Waals surface area contributed by atoms with Crippen molar-refractivity contribution in [3.63, 3.8) is 0 Å². The highest BCUT2D eigenvalue weighted by Gasteiger charge is 2.16. The van der Waals surface area contributed by atoms with Crippen LogP contribution < -0.4 is 11.1 Å². The maximum Gasteiger partial charge on any atom is 0.237 e. The summed E-state index contributed by atoms with van der Waals surface area (Å²) < 4.78 is 0. The maximum absolute atomic E-state index is 11.4. The van der Waals surface area contributed by atoms with Gasteiger partial charge in [0.05, 0.1) is 12.6 Å². The van der Waals surface area contributed by atoms with E-state index in [1.807, 2.05) is 31.4 Å². The van der Waals surface area contributed by atoms with Crippen molar-refractivity contribution in [3.05, 3.63) is 22.4 Å². The van der Waals surface area contributed by atoms with Gasteiger partial charge in [0, 0.05) is 4.88 Å². The summed E-state index contributed by atoms with van der Waals surface area (Å²) in [5, 5.41) is 4.80. The van der Waals surface area contributed by atoms with E-state index in [1.54, 1.807) is 11.3 Å². The average Bonchev–Trinajstić information content (AvgIpc) is 2.65. The van der Waals surface area contributed by atoms with Gasteiger partial charge in [-0.2, -0.15) is 0 Å². The molecular formula is C10H17ClN2OS. The van der Waals surface area contributed by atoms with E-state index >= 15 is 0 Å². The maximum atomic E-state index is 11.4. The first-order valence-electron chi connectivity index (χ1n) is 4.67. The third-order valence-corrected chi connectivity index (χ3v) is 2.91. The van der Waals surface area contributed by atoms with Gasteiger partial charge in [0.1, 0.15) is 0 Å². The van der Waals surface area contributed by atoms with Crippen molar-refractivity contribution in [2.24, 2.45) is 11.7 Å². The van der Waals surface area contributed by atoms with Crippen LogP contribution in [0.15, 0.2) is 17.5 Å². The van der Waals surface area contributed by atoms with Gasteiger partial charge in [-0.15, -0.1) is 23.7 Å². The third-order valence-electron chi connectivity index (χ3n) is 2.04. The quantitative estimate of drug-likeness (QED) is 0.853. The molecule has 0 aliphatic carbocycles. The van der Waals surface area contributed by atoms with Crippen LogP contribution in [0.2, 0.25) is 0 Å². The molecule has 1 aromatic heterocycles. The lowest BCUT2D eigenvalue weighted by molar-refractivity contribution is -0.123. The van der Waals surface area contributed by atoms with E-state index in [-0.39, 0.29) is 24.2 Å². The van der Waals surface area contributed by atoms with Crippen molar-refractivity contribution in [3.8, 4) is 0 Å². The van der Waals surface area contributed by atoms with Crippen LogP contribution >= 0.6 is 23.7 Å². The molecule has 1 heterocycles. The molecular weight excluding hydrogens is 232 g/mol. The monoisotopic (exact) mass is 248 g/mol. The second-order valence-corrected chi connectivity index (χ2v) is 4.60. The second kappa shape index (κ2) is 6.82. The summed E-state index contributed by atoms with van der Waals surface area (Å²) in [5.41, 5.74) is 5.69. The van der Waals surface area contributed by atoms with Crippen molar-refractivity contribution < 1.29 is 4.79 Å². The molecule has 1 aromatic rings. The Balaban J connectivity index is 0.00000196. The van der Waals surface area contributed by atoms with Gasteiger partial charge in [0.2, 0.25) is 5.91 Å². The average molecular weight is 249 g/mol. The molecule has 0 saturated heterocycles.